The summed E-state index contributed by atoms with van der Waals surface area (Å²) >= 11 is 0. The van der Waals surface area contributed by atoms with Crippen LogP contribution in [0.25, 0.3) is 0 Å². The summed E-state index contributed by atoms with van der Waals surface area (Å²) in [6, 6.07) is 0. The van der Waals surface area contributed by atoms with E-state index < -0.39 is 0 Å². The van der Waals surface area contributed by atoms with Gasteiger partial charge in [0.15, 0.2) is 0 Å². The zero-order valence-electron chi connectivity index (χ0n) is 10.3. The van der Waals surface area contributed by atoms with E-state index in [4.69, 9.17) is 0 Å². The minimum Gasteiger partial charge on any atom is -0.300 e. The number of Topliss-reactive ketones (excluding diaryl/α,β-unsaturated/α-hetero) is 2. The third kappa shape index (κ3) is 1.62. The Morgan fingerprint density at radius 1 is 1.18 bits per heavy atom. The fourth-order valence-corrected chi connectivity index (χ4v) is 3.79. The van der Waals surface area contributed by atoms with Crippen molar-refractivity contribution in [3.05, 3.63) is 25.3 Å². The number of allylic oxidation sites excluding steroid dienone is 2. The maximum Gasteiger partial charge on any atom is 0.140 e. The Hall–Kier alpha value is -1.18. The van der Waals surface area contributed by atoms with Gasteiger partial charge in [0, 0.05) is 30.1 Å². The molecule has 0 aromatic carbocycles. The number of rotatable bonds is 3. The van der Waals surface area contributed by atoms with E-state index in [0.29, 0.717) is 37.9 Å². The van der Waals surface area contributed by atoms with Gasteiger partial charge in [0.05, 0.1) is 0 Å². The van der Waals surface area contributed by atoms with E-state index in [-0.39, 0.29) is 16.6 Å². The minimum absolute atomic E-state index is 0.277. The van der Waals surface area contributed by atoms with Crippen molar-refractivity contribution in [2.24, 2.45) is 10.8 Å². The molecule has 2 heteroatoms. The van der Waals surface area contributed by atoms with E-state index in [9.17, 15) is 9.59 Å². The molecule has 2 atom stereocenters. The Morgan fingerprint density at radius 2 is 1.94 bits per heavy atom. The Bertz CT molecular complexity index is 382. The lowest BCUT2D eigenvalue weighted by molar-refractivity contribution is -0.148. The average molecular weight is 232 g/mol. The van der Waals surface area contributed by atoms with Crippen LogP contribution >= 0.6 is 0 Å². The molecule has 2 aliphatic rings. The number of carbonyl (C=O) groups is 2. The van der Waals surface area contributed by atoms with E-state index in [2.05, 4.69) is 13.2 Å². The van der Waals surface area contributed by atoms with Crippen LogP contribution in [0.5, 0.6) is 0 Å². The summed E-state index contributed by atoms with van der Waals surface area (Å²) in [5.74, 6) is 0.593. The molecule has 92 valence electrons. The molecular weight excluding hydrogens is 212 g/mol. The highest BCUT2D eigenvalue weighted by Gasteiger charge is 2.57. The molecule has 0 amide bonds. The first-order chi connectivity index (χ1) is 8.10. The Morgan fingerprint density at radius 3 is 2.59 bits per heavy atom. The molecule has 2 aliphatic carbocycles. The van der Waals surface area contributed by atoms with Crippen LogP contribution in [0.2, 0.25) is 0 Å². The van der Waals surface area contributed by atoms with E-state index in [0.717, 1.165) is 12.8 Å². The van der Waals surface area contributed by atoms with Crippen molar-refractivity contribution in [3.63, 3.8) is 0 Å². The molecule has 0 bridgehead atoms. The smallest absolute Gasteiger partial charge is 0.140 e. The lowest BCUT2D eigenvalue weighted by Gasteiger charge is -2.53. The van der Waals surface area contributed by atoms with Gasteiger partial charge in [-0.3, -0.25) is 9.59 Å². The van der Waals surface area contributed by atoms with Crippen molar-refractivity contribution in [1.29, 1.82) is 0 Å². The standard InChI is InChI=1S/C15H20O2/c1-3-8-15-10-7-12(16)11-14(15,4-2)9-5-6-13(15)17/h3-4H,1-2,5-11H2/t14-,15-/m0/s1. The fraction of sp³-hybridized carbons (Fsp3) is 0.600. The van der Waals surface area contributed by atoms with Crippen molar-refractivity contribution in [2.75, 3.05) is 0 Å². The molecule has 0 N–H and O–H groups in total. The summed E-state index contributed by atoms with van der Waals surface area (Å²) in [5.41, 5.74) is -0.686. The third-order valence-electron chi connectivity index (χ3n) is 4.74. The summed E-state index contributed by atoms with van der Waals surface area (Å²) < 4.78 is 0. The topological polar surface area (TPSA) is 34.1 Å². The molecule has 17 heavy (non-hydrogen) atoms. The maximum absolute atomic E-state index is 12.4. The van der Waals surface area contributed by atoms with Crippen molar-refractivity contribution in [3.8, 4) is 0 Å². The number of ketones is 2. The molecule has 0 aromatic heterocycles. The minimum atomic E-state index is -0.386. The molecule has 2 fully saturated rings. The number of carbonyl (C=O) groups excluding carboxylic acids is 2. The van der Waals surface area contributed by atoms with Crippen molar-refractivity contribution in [1.82, 2.24) is 0 Å². The predicted octanol–water partition coefficient (Wildman–Crippen LogP) is 3.23. The second-order valence-corrected chi connectivity index (χ2v) is 5.43. The molecule has 0 aliphatic heterocycles. The Labute approximate surface area is 103 Å². The summed E-state index contributed by atoms with van der Waals surface area (Å²) in [6.07, 6.45) is 8.57. The van der Waals surface area contributed by atoms with Crippen LogP contribution in [0.15, 0.2) is 25.3 Å². The molecule has 0 aromatic rings. The first kappa shape index (κ1) is 12.3. The highest BCUT2D eigenvalue weighted by atomic mass is 16.1. The number of fused-ring (bicyclic) bond motifs is 1. The summed E-state index contributed by atoms with van der Waals surface area (Å²) in [5, 5.41) is 0. The lowest BCUT2D eigenvalue weighted by Crippen LogP contribution is -2.53. The lowest BCUT2D eigenvalue weighted by atomic mass is 9.48. The molecule has 2 saturated carbocycles. The highest BCUT2D eigenvalue weighted by Crippen LogP contribution is 2.59. The molecule has 0 spiro atoms. The zero-order valence-corrected chi connectivity index (χ0v) is 10.3. The summed E-state index contributed by atoms with van der Waals surface area (Å²) in [7, 11) is 0. The van der Waals surface area contributed by atoms with Crippen molar-refractivity contribution in [2.45, 2.75) is 44.9 Å². The zero-order chi connectivity index (χ0) is 12.5. The molecule has 0 heterocycles. The third-order valence-corrected chi connectivity index (χ3v) is 4.74. The van der Waals surface area contributed by atoms with Crippen LogP contribution in [0.1, 0.15) is 44.9 Å². The number of hydrogen-bond donors (Lipinski definition) is 0. The van der Waals surface area contributed by atoms with E-state index in [1.807, 2.05) is 12.2 Å². The quantitative estimate of drug-likeness (QED) is 0.700. The van der Waals surface area contributed by atoms with Crippen LogP contribution < -0.4 is 0 Å². The summed E-state index contributed by atoms with van der Waals surface area (Å²) in [6.45, 7) is 7.70. The van der Waals surface area contributed by atoms with Gasteiger partial charge >= 0.3 is 0 Å². The van der Waals surface area contributed by atoms with Gasteiger partial charge in [-0.2, -0.15) is 0 Å². The van der Waals surface area contributed by atoms with E-state index >= 15 is 0 Å². The summed E-state index contributed by atoms with van der Waals surface area (Å²) in [4.78, 5) is 24.2. The fourth-order valence-electron chi connectivity index (χ4n) is 3.79. The normalized spacial score (nSPS) is 37.4. The second kappa shape index (κ2) is 4.25. The SMILES string of the molecule is C=CC[C@@]12CCC(=O)C[C@]1(C=C)CCCC2=O. The van der Waals surface area contributed by atoms with Gasteiger partial charge in [-0.15, -0.1) is 13.2 Å². The maximum atomic E-state index is 12.4. The first-order valence-electron chi connectivity index (χ1n) is 6.40. The van der Waals surface area contributed by atoms with Crippen molar-refractivity contribution < 1.29 is 9.59 Å². The largest absolute Gasteiger partial charge is 0.300 e. The van der Waals surface area contributed by atoms with Crippen LogP contribution in [-0.4, -0.2) is 11.6 Å². The first-order valence-corrected chi connectivity index (χ1v) is 6.40. The van der Waals surface area contributed by atoms with Crippen LogP contribution in [-0.2, 0) is 9.59 Å². The van der Waals surface area contributed by atoms with Gasteiger partial charge in [-0.05, 0) is 25.7 Å². The molecule has 0 unspecified atom stereocenters. The predicted molar refractivity (Wildman–Crippen MR) is 67.6 cm³/mol. The molecule has 2 rings (SSSR count). The molecule has 0 radical (unpaired) electrons. The van der Waals surface area contributed by atoms with Gasteiger partial charge in [-0.25, -0.2) is 0 Å². The van der Waals surface area contributed by atoms with Gasteiger partial charge in [-0.1, -0.05) is 12.2 Å². The molecule has 2 nitrogen and oxygen atoms in total. The Kier molecular flexibility index (Phi) is 3.07. The van der Waals surface area contributed by atoms with Gasteiger partial charge in [0.25, 0.3) is 0 Å². The van der Waals surface area contributed by atoms with E-state index in [1.54, 1.807) is 0 Å². The van der Waals surface area contributed by atoms with Crippen LogP contribution in [0.4, 0.5) is 0 Å². The molecule has 0 saturated heterocycles. The van der Waals surface area contributed by atoms with Gasteiger partial charge in [0.1, 0.15) is 11.6 Å². The van der Waals surface area contributed by atoms with Crippen molar-refractivity contribution >= 4 is 11.6 Å². The Balaban J connectivity index is 2.49. The second-order valence-electron chi connectivity index (χ2n) is 5.43. The van der Waals surface area contributed by atoms with Crippen LogP contribution in [0.3, 0.4) is 0 Å². The average Bonchev–Trinajstić information content (AvgIpc) is 2.32. The number of hydrogen-bond acceptors (Lipinski definition) is 2. The van der Waals surface area contributed by atoms with Gasteiger partial charge < -0.3 is 0 Å². The molecular formula is C15H20O2. The van der Waals surface area contributed by atoms with Gasteiger partial charge in [0.2, 0.25) is 0 Å². The van der Waals surface area contributed by atoms with E-state index in [1.165, 1.54) is 0 Å². The highest BCUT2D eigenvalue weighted by molar-refractivity contribution is 5.91. The van der Waals surface area contributed by atoms with Crippen LogP contribution in [0, 0.1) is 10.8 Å². The monoisotopic (exact) mass is 232 g/mol.